The topological polar surface area (TPSA) is 20.2 Å². The summed E-state index contributed by atoms with van der Waals surface area (Å²) in [4.78, 5) is 0. The number of aliphatic hydroxyl groups is 1. The molecule has 1 N–H and O–H groups in total. The van der Waals surface area contributed by atoms with Crippen LogP contribution in [0.15, 0.2) is 29.8 Å². The predicted octanol–water partition coefficient (Wildman–Crippen LogP) is 2.59. The van der Waals surface area contributed by atoms with Crippen LogP contribution in [0.25, 0.3) is 0 Å². The molecule has 1 aromatic carbocycles. The zero-order chi connectivity index (χ0) is 10.8. The highest BCUT2D eigenvalue weighted by Crippen LogP contribution is 2.23. The summed E-state index contributed by atoms with van der Waals surface area (Å²) < 4.78 is 25.9. The zero-order valence-corrected chi connectivity index (χ0v) is 8.21. The molecule has 1 aliphatic rings. The van der Waals surface area contributed by atoms with E-state index in [1.165, 1.54) is 12.1 Å². The Kier molecular flexibility index (Phi) is 2.82. The van der Waals surface area contributed by atoms with Crippen molar-refractivity contribution in [2.24, 2.45) is 0 Å². The molecule has 0 aromatic heterocycles. The number of halogens is 2. The van der Waals surface area contributed by atoms with E-state index in [4.69, 9.17) is 0 Å². The first-order valence-corrected chi connectivity index (χ1v) is 4.97. The maximum Gasteiger partial charge on any atom is 0.129 e. The van der Waals surface area contributed by atoms with Gasteiger partial charge in [0.15, 0.2) is 0 Å². The van der Waals surface area contributed by atoms with Gasteiger partial charge in [-0.2, -0.15) is 0 Å². The number of hydrogen-bond donors (Lipinski definition) is 1. The number of aliphatic hydroxyl groups excluding tert-OH is 1. The second-order valence-corrected chi connectivity index (χ2v) is 3.84. The smallest absolute Gasteiger partial charge is 0.129 e. The van der Waals surface area contributed by atoms with E-state index in [1.807, 2.05) is 0 Å². The molecule has 2 rings (SSSR count). The summed E-state index contributed by atoms with van der Waals surface area (Å²) in [5.41, 5.74) is 1.50. The van der Waals surface area contributed by atoms with Crippen LogP contribution in [0.4, 0.5) is 8.78 Å². The summed E-state index contributed by atoms with van der Waals surface area (Å²) in [6.07, 6.45) is 3.31. The molecular formula is C12H12F2O. The van der Waals surface area contributed by atoms with E-state index < -0.39 is 17.7 Å². The molecule has 3 heteroatoms. The van der Waals surface area contributed by atoms with Crippen molar-refractivity contribution < 1.29 is 13.9 Å². The van der Waals surface area contributed by atoms with Gasteiger partial charge in [-0.25, -0.2) is 8.78 Å². The lowest BCUT2D eigenvalue weighted by Crippen LogP contribution is -1.94. The summed E-state index contributed by atoms with van der Waals surface area (Å²) in [6.45, 7) is 0. The molecule has 1 aromatic rings. The molecule has 0 bridgehead atoms. The van der Waals surface area contributed by atoms with Crippen molar-refractivity contribution in [1.82, 2.24) is 0 Å². The molecule has 0 saturated carbocycles. The molecule has 0 heterocycles. The van der Waals surface area contributed by atoms with Crippen molar-refractivity contribution in [3.8, 4) is 0 Å². The van der Waals surface area contributed by atoms with E-state index in [1.54, 1.807) is 6.08 Å². The SMILES string of the molecule is OC1C=C(Cc2ccc(F)cc2F)CC1. The van der Waals surface area contributed by atoms with Gasteiger partial charge in [0.25, 0.3) is 0 Å². The Morgan fingerprint density at radius 3 is 2.73 bits per heavy atom. The minimum absolute atomic E-state index is 0.400. The van der Waals surface area contributed by atoms with Gasteiger partial charge in [-0.3, -0.25) is 0 Å². The first kappa shape index (κ1) is 10.3. The van der Waals surface area contributed by atoms with Crippen LogP contribution in [0, 0.1) is 11.6 Å². The van der Waals surface area contributed by atoms with Gasteiger partial charge >= 0.3 is 0 Å². The van der Waals surface area contributed by atoms with Crippen molar-refractivity contribution in [3.63, 3.8) is 0 Å². The van der Waals surface area contributed by atoms with Crippen LogP contribution < -0.4 is 0 Å². The summed E-state index contributed by atoms with van der Waals surface area (Å²) in [6, 6.07) is 3.60. The lowest BCUT2D eigenvalue weighted by Gasteiger charge is -2.03. The molecule has 0 saturated heterocycles. The van der Waals surface area contributed by atoms with Crippen molar-refractivity contribution in [2.75, 3.05) is 0 Å². The van der Waals surface area contributed by atoms with Crippen LogP contribution in [0.1, 0.15) is 18.4 Å². The number of hydrogen-bond acceptors (Lipinski definition) is 1. The lowest BCUT2D eigenvalue weighted by atomic mass is 10.0. The molecule has 0 amide bonds. The van der Waals surface area contributed by atoms with Gasteiger partial charge in [0.05, 0.1) is 6.10 Å². The normalized spacial score (nSPS) is 20.5. The molecule has 80 valence electrons. The third-order valence-corrected chi connectivity index (χ3v) is 2.62. The number of allylic oxidation sites excluding steroid dienone is 1. The van der Waals surface area contributed by atoms with E-state index in [0.29, 0.717) is 18.4 Å². The van der Waals surface area contributed by atoms with Gasteiger partial charge in [-0.1, -0.05) is 17.7 Å². The van der Waals surface area contributed by atoms with Crippen LogP contribution in [-0.4, -0.2) is 11.2 Å². The highest BCUT2D eigenvalue weighted by Gasteiger charge is 2.14. The third kappa shape index (κ3) is 2.42. The fourth-order valence-corrected chi connectivity index (χ4v) is 1.83. The minimum Gasteiger partial charge on any atom is -0.389 e. The van der Waals surface area contributed by atoms with Gasteiger partial charge in [0.2, 0.25) is 0 Å². The van der Waals surface area contributed by atoms with E-state index in [-0.39, 0.29) is 0 Å². The fourth-order valence-electron chi connectivity index (χ4n) is 1.83. The van der Waals surface area contributed by atoms with E-state index in [2.05, 4.69) is 0 Å². The van der Waals surface area contributed by atoms with Crippen LogP contribution in [-0.2, 0) is 6.42 Å². The molecule has 1 atom stereocenters. The van der Waals surface area contributed by atoms with Gasteiger partial charge < -0.3 is 5.11 Å². The average molecular weight is 210 g/mol. The Morgan fingerprint density at radius 2 is 2.13 bits per heavy atom. The summed E-state index contributed by atoms with van der Waals surface area (Å²) in [7, 11) is 0. The molecule has 15 heavy (non-hydrogen) atoms. The first-order valence-electron chi connectivity index (χ1n) is 4.97. The van der Waals surface area contributed by atoms with Crippen LogP contribution in [0.5, 0.6) is 0 Å². The first-order chi connectivity index (χ1) is 7.15. The van der Waals surface area contributed by atoms with E-state index in [0.717, 1.165) is 18.1 Å². The van der Waals surface area contributed by atoms with E-state index in [9.17, 15) is 13.9 Å². The fraction of sp³-hybridized carbons (Fsp3) is 0.333. The molecule has 1 nitrogen and oxygen atoms in total. The maximum absolute atomic E-state index is 13.3. The molecule has 1 unspecified atom stereocenters. The number of rotatable bonds is 2. The van der Waals surface area contributed by atoms with Crippen LogP contribution >= 0.6 is 0 Å². The quantitative estimate of drug-likeness (QED) is 0.744. The summed E-state index contributed by atoms with van der Waals surface area (Å²) >= 11 is 0. The Morgan fingerprint density at radius 1 is 1.33 bits per heavy atom. The Balaban J connectivity index is 2.14. The predicted molar refractivity (Wildman–Crippen MR) is 53.4 cm³/mol. The minimum atomic E-state index is -0.559. The molecular weight excluding hydrogens is 198 g/mol. The summed E-state index contributed by atoms with van der Waals surface area (Å²) in [5, 5.41) is 9.26. The van der Waals surface area contributed by atoms with Crippen molar-refractivity contribution in [1.29, 1.82) is 0 Å². The van der Waals surface area contributed by atoms with Gasteiger partial charge in [-0.15, -0.1) is 0 Å². The Labute approximate surface area is 87.1 Å². The highest BCUT2D eigenvalue weighted by molar-refractivity contribution is 5.26. The van der Waals surface area contributed by atoms with Crippen molar-refractivity contribution in [3.05, 3.63) is 47.0 Å². The molecule has 0 radical (unpaired) electrons. The Bertz CT molecular complexity index is 399. The number of benzene rings is 1. The second-order valence-electron chi connectivity index (χ2n) is 3.84. The van der Waals surface area contributed by atoms with Crippen molar-refractivity contribution >= 4 is 0 Å². The lowest BCUT2D eigenvalue weighted by molar-refractivity contribution is 0.223. The Hall–Kier alpha value is -1.22. The zero-order valence-electron chi connectivity index (χ0n) is 8.21. The monoisotopic (exact) mass is 210 g/mol. The van der Waals surface area contributed by atoms with Gasteiger partial charge in [-0.05, 0) is 30.9 Å². The molecule has 0 aliphatic heterocycles. The van der Waals surface area contributed by atoms with Crippen LogP contribution in [0.3, 0.4) is 0 Å². The van der Waals surface area contributed by atoms with Crippen LogP contribution in [0.2, 0.25) is 0 Å². The standard InChI is InChI=1S/C12H12F2O/c13-10-3-2-9(12(14)7-10)5-8-1-4-11(15)6-8/h2-3,6-7,11,15H,1,4-5H2. The highest BCUT2D eigenvalue weighted by atomic mass is 19.1. The average Bonchev–Trinajstić information content (AvgIpc) is 2.56. The largest absolute Gasteiger partial charge is 0.389 e. The second kappa shape index (κ2) is 4.11. The maximum atomic E-state index is 13.3. The summed E-state index contributed by atoms with van der Waals surface area (Å²) in [5.74, 6) is -1.08. The molecule has 0 fully saturated rings. The van der Waals surface area contributed by atoms with Gasteiger partial charge in [0.1, 0.15) is 11.6 Å². The van der Waals surface area contributed by atoms with E-state index >= 15 is 0 Å². The van der Waals surface area contributed by atoms with Gasteiger partial charge in [0, 0.05) is 6.07 Å². The third-order valence-electron chi connectivity index (χ3n) is 2.62. The molecule has 1 aliphatic carbocycles. The van der Waals surface area contributed by atoms with Crippen molar-refractivity contribution in [2.45, 2.75) is 25.4 Å². The molecule has 0 spiro atoms.